The zero-order valence-electron chi connectivity index (χ0n) is 18.8. The van der Waals surface area contributed by atoms with Crippen LogP contribution in [0.25, 0.3) is 22.4 Å². The van der Waals surface area contributed by atoms with Gasteiger partial charge in [-0.15, -0.1) is 10.2 Å². The maximum atomic E-state index is 13.5. The highest BCUT2D eigenvalue weighted by Crippen LogP contribution is 2.26. The molecule has 0 saturated carbocycles. The number of unbranched alkanes of at least 4 members (excludes halogenated alkanes) is 1. The van der Waals surface area contributed by atoms with Crippen molar-refractivity contribution in [2.24, 2.45) is 0 Å². The minimum Gasteiger partial charge on any atom is -0.339 e. The number of rotatable bonds is 7. The second-order valence-corrected chi connectivity index (χ2v) is 9.00. The molecule has 33 heavy (non-hydrogen) atoms. The Labute approximate surface area is 194 Å². The first-order chi connectivity index (χ1) is 16.1. The SMILES string of the molecule is CCCCc1nc(CSc2nnc3n(-c4cc(C)ccc4C)c(=O)c4ccccc4n23)no1. The lowest BCUT2D eigenvalue weighted by molar-refractivity contribution is 0.371. The molecule has 3 aromatic heterocycles. The van der Waals surface area contributed by atoms with Crippen LogP contribution in [0.3, 0.4) is 0 Å². The summed E-state index contributed by atoms with van der Waals surface area (Å²) in [5, 5.41) is 14.2. The van der Waals surface area contributed by atoms with Crippen molar-refractivity contribution in [3.05, 3.63) is 75.7 Å². The van der Waals surface area contributed by atoms with Crippen LogP contribution < -0.4 is 5.56 Å². The topological polar surface area (TPSA) is 91.1 Å². The first-order valence-corrected chi connectivity index (χ1v) is 12.0. The molecule has 0 spiro atoms. The lowest BCUT2D eigenvalue weighted by Crippen LogP contribution is -2.22. The van der Waals surface area contributed by atoms with Gasteiger partial charge in [-0.1, -0.05) is 54.5 Å². The van der Waals surface area contributed by atoms with Crippen molar-refractivity contribution in [1.29, 1.82) is 0 Å². The first-order valence-electron chi connectivity index (χ1n) is 11.0. The first kappa shape index (κ1) is 21.4. The monoisotopic (exact) mass is 460 g/mol. The van der Waals surface area contributed by atoms with E-state index in [9.17, 15) is 4.79 Å². The fraction of sp³-hybridized carbons (Fsp3) is 0.292. The number of thioether (sulfide) groups is 1. The van der Waals surface area contributed by atoms with E-state index in [0.29, 0.717) is 33.8 Å². The van der Waals surface area contributed by atoms with E-state index in [0.717, 1.165) is 41.6 Å². The third kappa shape index (κ3) is 3.93. The normalized spacial score (nSPS) is 11.6. The molecule has 5 aromatic rings. The number of nitrogens with zero attached hydrogens (tertiary/aromatic N) is 6. The van der Waals surface area contributed by atoms with E-state index < -0.39 is 0 Å². The summed E-state index contributed by atoms with van der Waals surface area (Å²) in [4.78, 5) is 18.0. The van der Waals surface area contributed by atoms with Crippen LogP contribution in [0, 0.1) is 13.8 Å². The summed E-state index contributed by atoms with van der Waals surface area (Å²) in [5.74, 6) is 2.25. The lowest BCUT2D eigenvalue weighted by Gasteiger charge is -2.13. The predicted octanol–water partition coefficient (Wildman–Crippen LogP) is 4.67. The van der Waals surface area contributed by atoms with Crippen molar-refractivity contribution in [3.8, 4) is 5.69 Å². The van der Waals surface area contributed by atoms with E-state index in [1.165, 1.54) is 11.8 Å². The number of aryl methyl sites for hydroxylation is 3. The Balaban J connectivity index is 1.62. The average molecular weight is 461 g/mol. The highest BCUT2D eigenvalue weighted by molar-refractivity contribution is 7.98. The van der Waals surface area contributed by atoms with Crippen molar-refractivity contribution in [3.63, 3.8) is 0 Å². The number of benzene rings is 2. The summed E-state index contributed by atoms with van der Waals surface area (Å²) in [6.07, 6.45) is 2.88. The maximum absolute atomic E-state index is 13.5. The van der Waals surface area contributed by atoms with E-state index in [1.807, 2.05) is 60.7 Å². The molecule has 0 atom stereocenters. The Bertz CT molecular complexity index is 1520. The van der Waals surface area contributed by atoms with Gasteiger partial charge in [0, 0.05) is 6.42 Å². The molecule has 0 aliphatic heterocycles. The number of aromatic nitrogens is 6. The Kier molecular flexibility index (Phi) is 5.72. The third-order valence-corrected chi connectivity index (χ3v) is 6.51. The molecule has 0 aliphatic carbocycles. The second kappa shape index (κ2) is 8.82. The minimum absolute atomic E-state index is 0.116. The van der Waals surface area contributed by atoms with Crippen LogP contribution >= 0.6 is 11.8 Å². The standard InChI is InChI=1S/C24H24N6O2S/c1-4-5-10-21-25-20(28-32-21)14-33-24-27-26-23-29(19-13-15(2)11-12-16(19)3)22(31)17-8-6-7-9-18(17)30(23)24/h6-9,11-13H,4-5,10,14H2,1-3H3. The average Bonchev–Trinajstić information content (AvgIpc) is 3.45. The summed E-state index contributed by atoms with van der Waals surface area (Å²) < 4.78 is 8.93. The summed E-state index contributed by atoms with van der Waals surface area (Å²) in [6, 6.07) is 13.6. The Morgan fingerprint density at radius 3 is 2.79 bits per heavy atom. The van der Waals surface area contributed by atoms with E-state index in [-0.39, 0.29) is 5.56 Å². The smallest absolute Gasteiger partial charge is 0.267 e. The van der Waals surface area contributed by atoms with Crippen LogP contribution in [0.1, 0.15) is 42.6 Å². The molecule has 0 aliphatic rings. The van der Waals surface area contributed by atoms with Gasteiger partial charge in [-0.25, -0.2) is 4.57 Å². The van der Waals surface area contributed by atoms with Gasteiger partial charge in [0.15, 0.2) is 11.0 Å². The van der Waals surface area contributed by atoms with Crippen molar-refractivity contribution >= 4 is 28.4 Å². The zero-order valence-corrected chi connectivity index (χ0v) is 19.6. The number of fused-ring (bicyclic) bond motifs is 3. The maximum Gasteiger partial charge on any atom is 0.267 e. The van der Waals surface area contributed by atoms with Crippen molar-refractivity contribution in [2.45, 2.75) is 50.9 Å². The number of hydrogen-bond donors (Lipinski definition) is 0. The van der Waals surface area contributed by atoms with E-state index in [2.05, 4.69) is 27.3 Å². The highest BCUT2D eigenvalue weighted by Gasteiger charge is 2.19. The third-order valence-electron chi connectivity index (χ3n) is 5.58. The molecule has 0 N–H and O–H groups in total. The molecule has 0 amide bonds. The summed E-state index contributed by atoms with van der Waals surface area (Å²) in [6.45, 7) is 6.13. The molecule has 8 nitrogen and oxygen atoms in total. The summed E-state index contributed by atoms with van der Waals surface area (Å²) in [7, 11) is 0. The van der Waals surface area contributed by atoms with Gasteiger partial charge in [-0.3, -0.25) is 9.20 Å². The highest BCUT2D eigenvalue weighted by atomic mass is 32.2. The second-order valence-electron chi connectivity index (χ2n) is 8.06. The van der Waals surface area contributed by atoms with Crippen LogP contribution in [-0.4, -0.2) is 29.3 Å². The molecule has 168 valence electrons. The predicted molar refractivity (Wildman–Crippen MR) is 128 cm³/mol. The fourth-order valence-corrected chi connectivity index (χ4v) is 4.64. The number of hydrogen-bond acceptors (Lipinski definition) is 7. The molecule has 9 heteroatoms. The largest absolute Gasteiger partial charge is 0.339 e. The van der Waals surface area contributed by atoms with E-state index in [1.54, 1.807) is 4.57 Å². The quantitative estimate of drug-likeness (QED) is 0.326. The Morgan fingerprint density at radius 2 is 1.94 bits per heavy atom. The van der Waals surface area contributed by atoms with Gasteiger partial charge in [0.25, 0.3) is 5.56 Å². The van der Waals surface area contributed by atoms with Gasteiger partial charge in [0.05, 0.1) is 22.3 Å². The summed E-state index contributed by atoms with van der Waals surface area (Å²) >= 11 is 1.47. The van der Waals surface area contributed by atoms with Gasteiger partial charge in [-0.2, -0.15) is 4.98 Å². The molecule has 5 rings (SSSR count). The van der Waals surface area contributed by atoms with Crippen molar-refractivity contribution < 1.29 is 4.52 Å². The van der Waals surface area contributed by atoms with Crippen LogP contribution in [-0.2, 0) is 12.2 Å². The van der Waals surface area contributed by atoms with Gasteiger partial charge in [0.2, 0.25) is 11.7 Å². The summed E-state index contributed by atoms with van der Waals surface area (Å²) in [5.41, 5.74) is 3.51. The molecule has 0 bridgehead atoms. The van der Waals surface area contributed by atoms with Gasteiger partial charge >= 0.3 is 0 Å². The van der Waals surface area contributed by atoms with Gasteiger partial charge in [-0.05, 0) is 49.6 Å². The van der Waals surface area contributed by atoms with Crippen LogP contribution in [0.5, 0.6) is 0 Å². The molecule has 2 aromatic carbocycles. The molecule has 0 fully saturated rings. The van der Waals surface area contributed by atoms with E-state index in [4.69, 9.17) is 4.52 Å². The molecule has 0 saturated heterocycles. The zero-order chi connectivity index (χ0) is 22.9. The van der Waals surface area contributed by atoms with Crippen molar-refractivity contribution in [2.75, 3.05) is 0 Å². The molecular weight excluding hydrogens is 436 g/mol. The van der Waals surface area contributed by atoms with Gasteiger partial charge in [0.1, 0.15) is 0 Å². The van der Waals surface area contributed by atoms with Crippen LogP contribution in [0.2, 0.25) is 0 Å². The van der Waals surface area contributed by atoms with Crippen LogP contribution in [0.4, 0.5) is 0 Å². The Hall–Kier alpha value is -3.46. The molecular formula is C24H24N6O2S. The van der Waals surface area contributed by atoms with Crippen molar-refractivity contribution in [1.82, 2.24) is 29.3 Å². The lowest BCUT2D eigenvalue weighted by atomic mass is 10.1. The van der Waals surface area contributed by atoms with E-state index >= 15 is 0 Å². The molecule has 3 heterocycles. The minimum atomic E-state index is -0.116. The molecule has 0 radical (unpaired) electrons. The fourth-order valence-electron chi connectivity index (χ4n) is 3.86. The van der Waals surface area contributed by atoms with Gasteiger partial charge < -0.3 is 4.52 Å². The van der Waals surface area contributed by atoms with Crippen LogP contribution in [0.15, 0.2) is 56.9 Å². The Morgan fingerprint density at radius 1 is 1.09 bits per heavy atom. The number of para-hydroxylation sites is 1. The molecule has 0 unspecified atom stereocenters.